The first kappa shape index (κ1) is 12.7. The summed E-state index contributed by atoms with van der Waals surface area (Å²) in [5, 5.41) is 3.06. The highest BCUT2D eigenvalue weighted by molar-refractivity contribution is 5.90. The van der Waals surface area contributed by atoms with Gasteiger partial charge in [-0.3, -0.25) is 4.79 Å². The van der Waals surface area contributed by atoms with Crippen molar-refractivity contribution in [3.05, 3.63) is 29.8 Å². The number of amides is 1. The second-order valence-electron chi connectivity index (χ2n) is 6.24. The van der Waals surface area contributed by atoms with Gasteiger partial charge in [-0.15, -0.1) is 0 Å². The molecule has 2 heteroatoms. The number of hydrogen-bond acceptors (Lipinski definition) is 1. The van der Waals surface area contributed by atoms with Gasteiger partial charge in [0.15, 0.2) is 0 Å². The first-order valence-electron chi connectivity index (χ1n) is 7.63. The zero-order chi connectivity index (χ0) is 13.2. The topological polar surface area (TPSA) is 29.1 Å². The Labute approximate surface area is 115 Å². The van der Waals surface area contributed by atoms with E-state index in [1.807, 2.05) is 12.1 Å². The molecule has 1 N–H and O–H groups in total. The van der Waals surface area contributed by atoms with Gasteiger partial charge in [0, 0.05) is 12.1 Å². The fourth-order valence-corrected chi connectivity index (χ4v) is 3.95. The second kappa shape index (κ2) is 5.36. The molecule has 2 aliphatic rings. The van der Waals surface area contributed by atoms with Crippen LogP contribution in [0.25, 0.3) is 0 Å². The van der Waals surface area contributed by atoms with Gasteiger partial charge in [-0.1, -0.05) is 25.5 Å². The molecule has 2 nitrogen and oxygen atoms in total. The molecule has 0 aromatic heterocycles. The quantitative estimate of drug-likeness (QED) is 0.867. The van der Waals surface area contributed by atoms with Crippen LogP contribution in [0.5, 0.6) is 0 Å². The van der Waals surface area contributed by atoms with E-state index in [4.69, 9.17) is 0 Å². The molecular weight excluding hydrogens is 234 g/mol. The van der Waals surface area contributed by atoms with Gasteiger partial charge in [0.2, 0.25) is 5.91 Å². The number of carbonyl (C=O) groups excluding carboxylic acids is 1. The standard InChI is InChI=1S/C17H23NO/c1-2-12-4-3-5-16(10-12)18-17(19)11-15-9-13-6-7-14(15)8-13/h3-5,10,13-15H,2,6-9,11H2,1H3,(H,18,19)/t13-,14+,15+/m0/s1. The Bertz CT molecular complexity index is 468. The lowest BCUT2D eigenvalue weighted by Crippen LogP contribution is -2.20. The third kappa shape index (κ3) is 2.83. The van der Waals surface area contributed by atoms with Crippen LogP contribution in [0.15, 0.2) is 24.3 Å². The van der Waals surface area contributed by atoms with Crippen LogP contribution in [0, 0.1) is 17.8 Å². The van der Waals surface area contributed by atoms with Crippen LogP contribution >= 0.6 is 0 Å². The van der Waals surface area contributed by atoms with Crippen molar-refractivity contribution in [2.45, 2.75) is 45.4 Å². The third-order valence-corrected chi connectivity index (χ3v) is 4.95. The van der Waals surface area contributed by atoms with Crippen LogP contribution < -0.4 is 5.32 Å². The van der Waals surface area contributed by atoms with E-state index in [2.05, 4.69) is 24.4 Å². The SMILES string of the molecule is CCc1cccc(NC(=O)C[C@H]2C[C@H]3CC[C@@H]2C3)c1. The zero-order valence-electron chi connectivity index (χ0n) is 11.7. The van der Waals surface area contributed by atoms with Crippen molar-refractivity contribution < 1.29 is 4.79 Å². The number of carbonyl (C=O) groups is 1. The van der Waals surface area contributed by atoms with Crippen LogP contribution in [0.3, 0.4) is 0 Å². The van der Waals surface area contributed by atoms with Crippen molar-refractivity contribution in [1.29, 1.82) is 0 Å². The molecule has 102 valence electrons. The Balaban J connectivity index is 1.56. The molecule has 0 unspecified atom stereocenters. The van der Waals surface area contributed by atoms with E-state index in [1.165, 1.54) is 31.2 Å². The van der Waals surface area contributed by atoms with Gasteiger partial charge < -0.3 is 5.32 Å². The monoisotopic (exact) mass is 257 g/mol. The molecule has 1 aromatic rings. The zero-order valence-corrected chi connectivity index (χ0v) is 11.7. The number of rotatable bonds is 4. The van der Waals surface area contributed by atoms with Gasteiger partial charge in [-0.25, -0.2) is 0 Å². The summed E-state index contributed by atoms with van der Waals surface area (Å²) < 4.78 is 0. The van der Waals surface area contributed by atoms with Crippen LogP contribution in [0.1, 0.15) is 44.6 Å². The van der Waals surface area contributed by atoms with Crippen LogP contribution in [-0.2, 0) is 11.2 Å². The highest BCUT2D eigenvalue weighted by Crippen LogP contribution is 2.49. The van der Waals surface area contributed by atoms with Crippen molar-refractivity contribution >= 4 is 11.6 Å². The molecule has 3 atom stereocenters. The average Bonchev–Trinajstić information content (AvgIpc) is 3.01. The van der Waals surface area contributed by atoms with Crippen molar-refractivity contribution in [3.8, 4) is 0 Å². The summed E-state index contributed by atoms with van der Waals surface area (Å²) >= 11 is 0. The maximum Gasteiger partial charge on any atom is 0.224 e. The predicted octanol–water partition coefficient (Wildman–Crippen LogP) is 4.01. The van der Waals surface area contributed by atoms with Gasteiger partial charge in [0.1, 0.15) is 0 Å². The number of aryl methyl sites for hydroxylation is 1. The lowest BCUT2D eigenvalue weighted by molar-refractivity contribution is -0.117. The maximum atomic E-state index is 12.1. The molecule has 0 heterocycles. The summed E-state index contributed by atoms with van der Waals surface area (Å²) in [6.07, 6.45) is 7.15. The molecule has 19 heavy (non-hydrogen) atoms. The Morgan fingerprint density at radius 1 is 1.32 bits per heavy atom. The lowest BCUT2D eigenvalue weighted by Gasteiger charge is -2.20. The fourth-order valence-electron chi connectivity index (χ4n) is 3.95. The smallest absolute Gasteiger partial charge is 0.224 e. The van der Waals surface area contributed by atoms with Crippen LogP contribution in [0.2, 0.25) is 0 Å². The third-order valence-electron chi connectivity index (χ3n) is 4.95. The summed E-state index contributed by atoms with van der Waals surface area (Å²) in [4.78, 5) is 12.1. The minimum atomic E-state index is 0.200. The molecule has 3 rings (SSSR count). The van der Waals surface area contributed by atoms with Gasteiger partial charge in [0.05, 0.1) is 0 Å². The van der Waals surface area contributed by atoms with E-state index in [0.29, 0.717) is 5.92 Å². The van der Waals surface area contributed by atoms with E-state index in [0.717, 1.165) is 30.4 Å². The number of hydrogen-bond donors (Lipinski definition) is 1. The molecule has 0 spiro atoms. The summed E-state index contributed by atoms with van der Waals surface area (Å²) in [6.45, 7) is 2.14. The Morgan fingerprint density at radius 2 is 2.21 bits per heavy atom. The van der Waals surface area contributed by atoms with E-state index >= 15 is 0 Å². The highest BCUT2D eigenvalue weighted by Gasteiger charge is 2.40. The van der Waals surface area contributed by atoms with E-state index < -0.39 is 0 Å². The number of nitrogens with one attached hydrogen (secondary N) is 1. The fraction of sp³-hybridized carbons (Fsp3) is 0.588. The summed E-state index contributed by atoms with van der Waals surface area (Å²) in [7, 11) is 0. The summed E-state index contributed by atoms with van der Waals surface area (Å²) in [6, 6.07) is 8.19. The minimum Gasteiger partial charge on any atom is -0.326 e. The molecule has 2 saturated carbocycles. The first-order chi connectivity index (χ1) is 9.24. The normalized spacial score (nSPS) is 28.6. The maximum absolute atomic E-state index is 12.1. The molecule has 1 aromatic carbocycles. The molecule has 2 aliphatic carbocycles. The van der Waals surface area contributed by atoms with Crippen molar-refractivity contribution in [2.75, 3.05) is 5.32 Å². The number of anilines is 1. The Kier molecular flexibility index (Phi) is 3.58. The molecule has 2 bridgehead atoms. The first-order valence-corrected chi connectivity index (χ1v) is 7.63. The van der Waals surface area contributed by atoms with E-state index in [-0.39, 0.29) is 5.91 Å². The minimum absolute atomic E-state index is 0.200. The molecule has 0 radical (unpaired) electrons. The van der Waals surface area contributed by atoms with Crippen molar-refractivity contribution in [1.82, 2.24) is 0 Å². The molecule has 1 amide bonds. The van der Waals surface area contributed by atoms with Crippen molar-refractivity contribution in [3.63, 3.8) is 0 Å². The van der Waals surface area contributed by atoms with E-state index in [9.17, 15) is 4.79 Å². The van der Waals surface area contributed by atoms with Gasteiger partial charge in [-0.05, 0) is 61.1 Å². The molecule has 0 aliphatic heterocycles. The van der Waals surface area contributed by atoms with Crippen LogP contribution in [0.4, 0.5) is 5.69 Å². The van der Waals surface area contributed by atoms with Gasteiger partial charge in [-0.2, -0.15) is 0 Å². The van der Waals surface area contributed by atoms with Crippen LogP contribution in [-0.4, -0.2) is 5.91 Å². The van der Waals surface area contributed by atoms with Crippen molar-refractivity contribution in [2.24, 2.45) is 17.8 Å². The molecule has 0 saturated heterocycles. The summed E-state index contributed by atoms with van der Waals surface area (Å²) in [5.74, 6) is 2.60. The molecule has 2 fully saturated rings. The van der Waals surface area contributed by atoms with E-state index in [1.54, 1.807) is 0 Å². The molecular formula is C17H23NO. The average molecular weight is 257 g/mol. The van der Waals surface area contributed by atoms with Gasteiger partial charge in [0.25, 0.3) is 0 Å². The van der Waals surface area contributed by atoms with Gasteiger partial charge >= 0.3 is 0 Å². The number of benzene rings is 1. The lowest BCUT2D eigenvalue weighted by atomic mass is 9.86. The number of fused-ring (bicyclic) bond motifs is 2. The Morgan fingerprint density at radius 3 is 2.89 bits per heavy atom. The predicted molar refractivity (Wildman–Crippen MR) is 78.0 cm³/mol. The highest BCUT2D eigenvalue weighted by atomic mass is 16.1. The largest absolute Gasteiger partial charge is 0.326 e. The Hall–Kier alpha value is -1.31. The second-order valence-corrected chi connectivity index (χ2v) is 6.24. The summed E-state index contributed by atoms with van der Waals surface area (Å²) in [5.41, 5.74) is 2.23.